The van der Waals surface area contributed by atoms with E-state index in [4.69, 9.17) is 0 Å². The van der Waals surface area contributed by atoms with Gasteiger partial charge in [-0.15, -0.1) is 0 Å². The van der Waals surface area contributed by atoms with Crippen molar-refractivity contribution in [2.45, 2.75) is 25.6 Å². The summed E-state index contributed by atoms with van der Waals surface area (Å²) in [6.07, 6.45) is -3.85. The monoisotopic (exact) mass is 343 g/mol. The van der Waals surface area contributed by atoms with Gasteiger partial charge in [-0.05, 0) is 19.9 Å². The van der Waals surface area contributed by atoms with Crippen LogP contribution < -0.4 is 5.32 Å². The number of nitrogens with one attached hydrogen (secondary N) is 1. The predicted molar refractivity (Wildman–Crippen MR) is 76.7 cm³/mol. The average Bonchev–Trinajstić information content (AvgIpc) is 2.45. The number of hydrogen-bond acceptors (Lipinski definition) is 5. The fourth-order valence-corrected chi connectivity index (χ4v) is 2.77. The van der Waals surface area contributed by atoms with E-state index in [9.17, 15) is 33.4 Å². The summed E-state index contributed by atoms with van der Waals surface area (Å²) in [5.74, 6) is 0. The lowest BCUT2D eigenvalue weighted by molar-refractivity contribution is -0.448. The molecule has 0 bridgehead atoms. The molecule has 0 saturated heterocycles. The van der Waals surface area contributed by atoms with Crippen LogP contribution in [0.3, 0.4) is 0 Å². The van der Waals surface area contributed by atoms with Gasteiger partial charge in [-0.3, -0.25) is 20.2 Å². The smallest absolute Gasteiger partial charge is 0.367 e. The van der Waals surface area contributed by atoms with Crippen molar-refractivity contribution in [3.8, 4) is 0 Å². The second kappa shape index (κ2) is 5.62. The molecule has 0 amide bonds. The lowest BCUT2D eigenvalue weighted by Crippen LogP contribution is -2.45. The lowest BCUT2D eigenvalue weighted by atomic mass is 9.81. The molecule has 0 saturated carbocycles. The van der Waals surface area contributed by atoms with Crippen LogP contribution in [0.25, 0.3) is 0 Å². The molecule has 24 heavy (non-hydrogen) atoms. The van der Waals surface area contributed by atoms with Gasteiger partial charge in [-0.1, -0.05) is 18.2 Å². The lowest BCUT2D eigenvalue weighted by Gasteiger charge is -2.32. The van der Waals surface area contributed by atoms with Gasteiger partial charge in [0.15, 0.2) is 5.54 Å². The van der Waals surface area contributed by atoms with Crippen LogP contribution in [0, 0.1) is 20.2 Å². The third-order valence-corrected chi connectivity index (χ3v) is 3.86. The minimum absolute atomic E-state index is 0.303. The summed E-state index contributed by atoms with van der Waals surface area (Å²) in [5.41, 5.74) is -4.88. The highest BCUT2D eigenvalue weighted by Gasteiger charge is 2.50. The molecule has 0 aromatic heterocycles. The standard InChI is InChI=1S/C14H12F3N3O4/c1-8-11(19(21)22)7-18-13(2,12(8)20(23)24)9-5-3-4-6-10(9)14(15,16)17/h3-7,18H,1-2H3. The number of nitrogens with zero attached hydrogens (tertiary/aromatic N) is 2. The van der Waals surface area contributed by atoms with Crippen molar-refractivity contribution < 1.29 is 23.0 Å². The van der Waals surface area contributed by atoms with Crippen LogP contribution in [0.2, 0.25) is 0 Å². The number of nitro groups is 2. The molecule has 0 aliphatic carbocycles. The van der Waals surface area contributed by atoms with E-state index >= 15 is 0 Å². The molecule has 1 aromatic rings. The molecule has 1 heterocycles. The Bertz CT molecular complexity index is 786. The predicted octanol–water partition coefficient (Wildman–Crippen LogP) is 3.19. The van der Waals surface area contributed by atoms with Gasteiger partial charge in [0.05, 0.1) is 21.6 Å². The maximum Gasteiger partial charge on any atom is 0.416 e. The summed E-state index contributed by atoms with van der Waals surface area (Å²) in [7, 11) is 0. The molecule has 0 spiro atoms. The van der Waals surface area contributed by atoms with Gasteiger partial charge in [0.2, 0.25) is 0 Å². The van der Waals surface area contributed by atoms with Crippen molar-refractivity contribution in [2.24, 2.45) is 0 Å². The maximum atomic E-state index is 13.3. The molecule has 0 fully saturated rings. The number of dihydropyridines is 1. The van der Waals surface area contributed by atoms with E-state index in [-0.39, 0.29) is 11.1 Å². The Morgan fingerprint density at radius 3 is 2.21 bits per heavy atom. The van der Waals surface area contributed by atoms with Gasteiger partial charge in [-0.2, -0.15) is 13.2 Å². The third kappa shape index (κ3) is 2.70. The van der Waals surface area contributed by atoms with E-state index < -0.39 is 38.5 Å². The quantitative estimate of drug-likeness (QED) is 0.671. The van der Waals surface area contributed by atoms with E-state index in [1.54, 1.807) is 0 Å². The normalized spacial score (nSPS) is 21.1. The Hall–Kier alpha value is -2.91. The molecule has 1 aromatic carbocycles. The molecule has 128 valence electrons. The minimum atomic E-state index is -4.73. The van der Waals surface area contributed by atoms with Crippen molar-refractivity contribution in [1.82, 2.24) is 5.32 Å². The van der Waals surface area contributed by atoms with Crippen LogP contribution in [0.1, 0.15) is 25.0 Å². The first-order valence-electron chi connectivity index (χ1n) is 6.65. The van der Waals surface area contributed by atoms with Gasteiger partial charge in [0, 0.05) is 5.56 Å². The number of hydrogen-bond donors (Lipinski definition) is 1. The van der Waals surface area contributed by atoms with Crippen molar-refractivity contribution in [3.63, 3.8) is 0 Å². The first kappa shape index (κ1) is 17.4. The summed E-state index contributed by atoms with van der Waals surface area (Å²) < 4.78 is 39.8. The Morgan fingerprint density at radius 2 is 1.71 bits per heavy atom. The Labute approximate surface area is 133 Å². The molecule has 1 aliphatic rings. The van der Waals surface area contributed by atoms with Crippen LogP contribution in [0.4, 0.5) is 13.2 Å². The topological polar surface area (TPSA) is 98.3 Å². The second-order valence-corrected chi connectivity index (χ2v) is 5.33. The van der Waals surface area contributed by atoms with E-state index in [0.717, 1.165) is 25.3 Å². The van der Waals surface area contributed by atoms with Gasteiger partial charge in [0.25, 0.3) is 11.4 Å². The van der Waals surface area contributed by atoms with Crippen molar-refractivity contribution in [1.29, 1.82) is 0 Å². The van der Waals surface area contributed by atoms with Crippen molar-refractivity contribution >= 4 is 0 Å². The van der Waals surface area contributed by atoms with E-state index in [1.807, 2.05) is 0 Å². The zero-order valence-electron chi connectivity index (χ0n) is 12.5. The number of benzene rings is 1. The van der Waals surface area contributed by atoms with Crippen LogP contribution in [0.5, 0.6) is 0 Å². The molecule has 0 radical (unpaired) electrons. The van der Waals surface area contributed by atoms with E-state index in [1.165, 1.54) is 19.1 Å². The third-order valence-electron chi connectivity index (χ3n) is 3.86. The molecule has 1 aliphatic heterocycles. The number of alkyl halides is 3. The van der Waals surface area contributed by atoms with Gasteiger partial charge < -0.3 is 5.32 Å². The summed E-state index contributed by atoms with van der Waals surface area (Å²) in [6.45, 7) is 2.33. The Balaban J connectivity index is 2.76. The van der Waals surface area contributed by atoms with Gasteiger partial charge in [-0.25, -0.2) is 0 Å². The Kier molecular flexibility index (Phi) is 4.09. The van der Waals surface area contributed by atoms with Crippen LogP contribution in [0.15, 0.2) is 47.4 Å². The van der Waals surface area contributed by atoms with Crippen LogP contribution >= 0.6 is 0 Å². The number of rotatable bonds is 3. The second-order valence-electron chi connectivity index (χ2n) is 5.33. The molecular weight excluding hydrogens is 331 g/mol. The van der Waals surface area contributed by atoms with Crippen molar-refractivity contribution in [2.75, 3.05) is 0 Å². The zero-order valence-corrected chi connectivity index (χ0v) is 12.5. The number of allylic oxidation sites excluding steroid dienone is 1. The first-order chi connectivity index (χ1) is 11.0. The highest BCUT2D eigenvalue weighted by Crippen LogP contribution is 2.42. The largest absolute Gasteiger partial charge is 0.416 e. The summed E-state index contributed by atoms with van der Waals surface area (Å²) in [6, 6.07) is 4.40. The van der Waals surface area contributed by atoms with Gasteiger partial charge in [0.1, 0.15) is 5.57 Å². The van der Waals surface area contributed by atoms with Gasteiger partial charge >= 0.3 is 6.18 Å². The van der Waals surface area contributed by atoms with E-state index in [0.29, 0.717) is 0 Å². The molecule has 10 heteroatoms. The SMILES string of the molecule is CC1=C([N+](=O)[O-])C(C)(c2ccccc2C(F)(F)F)NC=C1[N+](=O)[O-]. The fourth-order valence-electron chi connectivity index (χ4n) is 2.77. The summed E-state index contributed by atoms with van der Waals surface area (Å²) in [5, 5.41) is 24.8. The zero-order chi connectivity index (χ0) is 18.3. The van der Waals surface area contributed by atoms with Crippen LogP contribution in [-0.2, 0) is 11.7 Å². The summed E-state index contributed by atoms with van der Waals surface area (Å²) >= 11 is 0. The Morgan fingerprint density at radius 1 is 1.12 bits per heavy atom. The molecule has 1 atom stereocenters. The molecule has 2 rings (SSSR count). The molecule has 7 nitrogen and oxygen atoms in total. The highest BCUT2D eigenvalue weighted by molar-refractivity contribution is 5.46. The van der Waals surface area contributed by atoms with E-state index in [2.05, 4.69) is 5.32 Å². The fraction of sp³-hybridized carbons (Fsp3) is 0.286. The number of halogens is 3. The maximum absolute atomic E-state index is 13.3. The molecular formula is C14H12F3N3O4. The minimum Gasteiger partial charge on any atom is -0.367 e. The molecule has 1 N–H and O–H groups in total. The average molecular weight is 343 g/mol. The van der Waals surface area contributed by atoms with Crippen LogP contribution in [-0.4, -0.2) is 9.85 Å². The van der Waals surface area contributed by atoms with Crippen molar-refractivity contribution in [3.05, 3.63) is 78.8 Å². The summed E-state index contributed by atoms with van der Waals surface area (Å²) in [4.78, 5) is 20.7. The highest BCUT2D eigenvalue weighted by atomic mass is 19.4. The molecule has 1 unspecified atom stereocenters. The first-order valence-corrected chi connectivity index (χ1v) is 6.65.